The van der Waals surface area contributed by atoms with Crippen molar-refractivity contribution in [2.75, 3.05) is 7.11 Å². The molecule has 1 N–H and O–H groups in total. The lowest BCUT2D eigenvalue weighted by atomic mass is 10.1. The number of aromatic nitrogens is 3. The molecule has 0 aliphatic heterocycles. The minimum Gasteiger partial charge on any atom is -0.497 e. The SMILES string of the molecule is COc1ccc(COc2ccc(-c3c(C)nc4cc(-c5ccccc5)[nH]n4c3=O)cc2)cc1. The van der Waals surface area contributed by atoms with Crippen LogP contribution in [-0.4, -0.2) is 21.7 Å². The summed E-state index contributed by atoms with van der Waals surface area (Å²) in [5, 5.41) is 3.18. The number of nitrogens with zero attached hydrogens (tertiary/aromatic N) is 2. The van der Waals surface area contributed by atoms with Gasteiger partial charge in [-0.05, 0) is 47.9 Å². The van der Waals surface area contributed by atoms with Crippen LogP contribution in [0.3, 0.4) is 0 Å². The maximum Gasteiger partial charge on any atom is 0.280 e. The summed E-state index contributed by atoms with van der Waals surface area (Å²) in [6.45, 7) is 2.31. The zero-order valence-electron chi connectivity index (χ0n) is 18.4. The molecule has 2 aromatic heterocycles. The molecule has 0 spiro atoms. The normalized spacial score (nSPS) is 11.0. The Morgan fingerprint density at radius 1 is 0.879 bits per heavy atom. The van der Waals surface area contributed by atoms with Crippen LogP contribution in [-0.2, 0) is 6.61 Å². The number of ether oxygens (including phenoxy) is 2. The third-order valence-corrected chi connectivity index (χ3v) is 5.59. The van der Waals surface area contributed by atoms with Gasteiger partial charge in [-0.1, -0.05) is 54.6 Å². The molecular weight excluding hydrogens is 414 g/mol. The number of rotatable bonds is 6. The molecule has 164 valence electrons. The van der Waals surface area contributed by atoms with Gasteiger partial charge in [0.15, 0.2) is 5.65 Å². The van der Waals surface area contributed by atoms with Gasteiger partial charge in [-0.25, -0.2) is 9.50 Å². The molecule has 0 aliphatic rings. The van der Waals surface area contributed by atoms with Gasteiger partial charge < -0.3 is 9.47 Å². The first kappa shape index (κ1) is 20.6. The highest BCUT2D eigenvalue weighted by molar-refractivity contribution is 5.69. The first-order valence-corrected chi connectivity index (χ1v) is 10.7. The van der Waals surface area contributed by atoms with E-state index in [1.165, 1.54) is 4.52 Å². The van der Waals surface area contributed by atoms with Crippen molar-refractivity contribution in [3.8, 4) is 33.9 Å². The van der Waals surface area contributed by atoms with Gasteiger partial charge in [-0.2, -0.15) is 0 Å². The van der Waals surface area contributed by atoms with Gasteiger partial charge in [0.2, 0.25) is 0 Å². The lowest BCUT2D eigenvalue weighted by Gasteiger charge is -2.09. The highest BCUT2D eigenvalue weighted by Gasteiger charge is 2.14. The molecule has 0 atom stereocenters. The third kappa shape index (κ3) is 4.11. The van der Waals surface area contributed by atoms with Crippen molar-refractivity contribution in [2.45, 2.75) is 13.5 Å². The number of methoxy groups -OCH3 is 1. The summed E-state index contributed by atoms with van der Waals surface area (Å²) in [6.07, 6.45) is 0. The molecule has 0 radical (unpaired) electrons. The fraction of sp³-hybridized carbons (Fsp3) is 0.111. The summed E-state index contributed by atoms with van der Waals surface area (Å²) in [4.78, 5) is 18.0. The van der Waals surface area contributed by atoms with E-state index < -0.39 is 0 Å². The number of H-pyrrole nitrogens is 1. The minimum absolute atomic E-state index is 0.133. The summed E-state index contributed by atoms with van der Waals surface area (Å²) >= 11 is 0. The summed E-state index contributed by atoms with van der Waals surface area (Å²) in [5.74, 6) is 1.54. The average molecular weight is 437 g/mol. The Bertz CT molecular complexity index is 1450. The van der Waals surface area contributed by atoms with Crippen LogP contribution < -0.4 is 15.0 Å². The molecule has 0 aliphatic carbocycles. The molecule has 0 fully saturated rings. The molecule has 6 nitrogen and oxygen atoms in total. The Kier molecular flexibility index (Phi) is 5.40. The fourth-order valence-electron chi connectivity index (χ4n) is 3.84. The Labute approximate surface area is 191 Å². The van der Waals surface area contributed by atoms with Gasteiger partial charge in [0.25, 0.3) is 5.56 Å². The molecule has 0 saturated carbocycles. The number of nitrogens with one attached hydrogen (secondary N) is 1. The van der Waals surface area contributed by atoms with Gasteiger partial charge in [0, 0.05) is 6.07 Å². The first-order chi connectivity index (χ1) is 16.1. The number of fused-ring (bicyclic) bond motifs is 1. The number of aryl methyl sites for hydroxylation is 1. The highest BCUT2D eigenvalue weighted by atomic mass is 16.5. The number of hydrogen-bond donors (Lipinski definition) is 1. The van der Waals surface area contributed by atoms with Crippen molar-refractivity contribution in [1.82, 2.24) is 14.6 Å². The van der Waals surface area contributed by atoms with E-state index in [2.05, 4.69) is 10.1 Å². The second-order valence-corrected chi connectivity index (χ2v) is 7.77. The van der Waals surface area contributed by atoms with Gasteiger partial charge in [-0.15, -0.1) is 0 Å². The van der Waals surface area contributed by atoms with Crippen molar-refractivity contribution in [1.29, 1.82) is 0 Å². The quantitative estimate of drug-likeness (QED) is 0.394. The van der Waals surface area contributed by atoms with Crippen molar-refractivity contribution in [3.63, 3.8) is 0 Å². The van der Waals surface area contributed by atoms with E-state index in [0.29, 0.717) is 23.5 Å². The first-order valence-electron chi connectivity index (χ1n) is 10.7. The predicted molar refractivity (Wildman–Crippen MR) is 129 cm³/mol. The number of aromatic amines is 1. The smallest absolute Gasteiger partial charge is 0.280 e. The maximum absolute atomic E-state index is 13.3. The molecule has 0 unspecified atom stereocenters. The summed E-state index contributed by atoms with van der Waals surface area (Å²) in [6, 6.07) is 27.1. The van der Waals surface area contributed by atoms with E-state index in [9.17, 15) is 4.79 Å². The fourth-order valence-corrected chi connectivity index (χ4v) is 3.84. The van der Waals surface area contributed by atoms with Crippen LogP contribution in [0.5, 0.6) is 11.5 Å². The molecule has 5 rings (SSSR count). The molecule has 0 bridgehead atoms. The van der Waals surface area contributed by atoms with Crippen LogP contribution in [0.1, 0.15) is 11.3 Å². The van der Waals surface area contributed by atoms with Crippen molar-refractivity contribution < 1.29 is 9.47 Å². The van der Waals surface area contributed by atoms with Gasteiger partial charge in [0.05, 0.1) is 24.1 Å². The average Bonchev–Trinajstić information content (AvgIpc) is 3.29. The Morgan fingerprint density at radius 2 is 1.58 bits per heavy atom. The zero-order chi connectivity index (χ0) is 22.8. The van der Waals surface area contributed by atoms with Gasteiger partial charge >= 0.3 is 0 Å². The summed E-state index contributed by atoms with van der Waals surface area (Å²) < 4.78 is 12.6. The summed E-state index contributed by atoms with van der Waals surface area (Å²) in [5.41, 5.74) is 5.41. The van der Waals surface area contributed by atoms with Crippen LogP contribution in [0.2, 0.25) is 0 Å². The van der Waals surface area contributed by atoms with Crippen LogP contribution in [0.25, 0.3) is 28.0 Å². The van der Waals surface area contributed by atoms with Crippen LogP contribution in [0, 0.1) is 6.92 Å². The minimum atomic E-state index is -0.133. The van der Waals surface area contributed by atoms with E-state index >= 15 is 0 Å². The molecule has 5 aromatic rings. The van der Waals surface area contributed by atoms with Gasteiger partial charge in [0.1, 0.15) is 18.1 Å². The van der Waals surface area contributed by atoms with Gasteiger partial charge in [-0.3, -0.25) is 9.89 Å². The highest BCUT2D eigenvalue weighted by Crippen LogP contribution is 2.24. The molecule has 2 heterocycles. The van der Waals surface area contributed by atoms with E-state index in [1.807, 2.05) is 91.9 Å². The second kappa shape index (κ2) is 8.67. The topological polar surface area (TPSA) is 68.6 Å². The second-order valence-electron chi connectivity index (χ2n) is 7.77. The van der Waals surface area contributed by atoms with Crippen LogP contribution in [0.4, 0.5) is 0 Å². The van der Waals surface area contributed by atoms with Crippen molar-refractivity contribution in [2.24, 2.45) is 0 Å². The zero-order valence-corrected chi connectivity index (χ0v) is 18.4. The van der Waals surface area contributed by atoms with Crippen LogP contribution >= 0.6 is 0 Å². The van der Waals surface area contributed by atoms with E-state index in [0.717, 1.165) is 33.9 Å². The molecule has 0 amide bonds. The number of hydrogen-bond acceptors (Lipinski definition) is 4. The Hall–Kier alpha value is -4.32. The van der Waals surface area contributed by atoms with Crippen molar-refractivity contribution in [3.05, 3.63) is 107 Å². The van der Waals surface area contributed by atoms with Crippen LogP contribution in [0.15, 0.2) is 89.7 Å². The number of benzene rings is 3. The molecule has 3 aromatic carbocycles. The third-order valence-electron chi connectivity index (χ3n) is 5.59. The predicted octanol–water partition coefficient (Wildman–Crippen LogP) is 5.25. The van der Waals surface area contributed by atoms with E-state index in [1.54, 1.807) is 7.11 Å². The lowest BCUT2D eigenvalue weighted by Crippen LogP contribution is -2.19. The Balaban J connectivity index is 1.40. The van der Waals surface area contributed by atoms with E-state index in [4.69, 9.17) is 9.47 Å². The summed E-state index contributed by atoms with van der Waals surface area (Å²) in [7, 11) is 1.64. The van der Waals surface area contributed by atoms with E-state index in [-0.39, 0.29) is 5.56 Å². The monoisotopic (exact) mass is 437 g/mol. The molecular formula is C27H23N3O3. The van der Waals surface area contributed by atoms with Crippen molar-refractivity contribution >= 4 is 5.65 Å². The standard InChI is InChI=1S/C27H23N3O3/c1-18-26(27(31)30-25(28-18)16-24(29-30)20-6-4-3-5-7-20)21-10-14-23(15-11-21)33-17-19-8-12-22(32-2)13-9-19/h3-16,29H,17H2,1-2H3. The maximum atomic E-state index is 13.3. The largest absolute Gasteiger partial charge is 0.497 e. The lowest BCUT2D eigenvalue weighted by molar-refractivity contribution is 0.306. The molecule has 33 heavy (non-hydrogen) atoms. The molecule has 0 saturated heterocycles. The Morgan fingerprint density at radius 3 is 2.27 bits per heavy atom. The molecule has 6 heteroatoms.